The fourth-order valence-corrected chi connectivity index (χ4v) is 3.25. The number of rotatable bonds is 2. The zero-order valence-electron chi connectivity index (χ0n) is 12.9. The molecule has 1 aromatic carbocycles. The van der Waals surface area contributed by atoms with E-state index >= 15 is 0 Å². The Morgan fingerprint density at radius 2 is 2.05 bits per heavy atom. The Morgan fingerprint density at radius 1 is 1.27 bits per heavy atom. The normalized spacial score (nSPS) is 22.8. The molecule has 1 atom stereocenters. The molecule has 3 rings (SSSR count). The summed E-state index contributed by atoms with van der Waals surface area (Å²) in [7, 11) is 0. The fraction of sp³-hybridized carbons (Fsp3) is 0.562. The molecule has 2 N–H and O–H groups in total. The van der Waals surface area contributed by atoms with Gasteiger partial charge in [-0.15, -0.1) is 0 Å². The quantitative estimate of drug-likeness (QED) is 0.873. The lowest BCUT2D eigenvalue weighted by molar-refractivity contribution is 0.119. The number of hydrogen-bond donors (Lipinski definition) is 2. The molecule has 2 aliphatic rings. The highest BCUT2D eigenvalue weighted by Crippen LogP contribution is 2.16. The Kier molecular flexibility index (Phi) is 4.59. The van der Waals surface area contributed by atoms with Crippen molar-refractivity contribution in [3.05, 3.63) is 29.6 Å². The van der Waals surface area contributed by atoms with Gasteiger partial charge in [0.2, 0.25) is 0 Å². The molecule has 0 saturated carbocycles. The maximum Gasteiger partial charge on any atom is 0.321 e. The number of halogens is 1. The Morgan fingerprint density at radius 3 is 2.68 bits per heavy atom. The number of hydrogen-bond acceptors (Lipinski definition) is 3. The van der Waals surface area contributed by atoms with E-state index in [0.29, 0.717) is 11.7 Å². The number of carbonyl (C=O) groups is 1. The van der Waals surface area contributed by atoms with Gasteiger partial charge in [0.1, 0.15) is 5.82 Å². The van der Waals surface area contributed by atoms with Crippen molar-refractivity contribution in [3.8, 4) is 0 Å². The van der Waals surface area contributed by atoms with Crippen LogP contribution in [0, 0.1) is 12.7 Å². The van der Waals surface area contributed by atoms with E-state index < -0.39 is 0 Å². The van der Waals surface area contributed by atoms with Crippen molar-refractivity contribution < 1.29 is 9.18 Å². The molecule has 6 heteroatoms. The lowest BCUT2D eigenvalue weighted by atomic mass is 10.2. The topological polar surface area (TPSA) is 47.6 Å². The molecule has 0 aliphatic carbocycles. The van der Waals surface area contributed by atoms with E-state index in [-0.39, 0.29) is 11.8 Å². The van der Waals surface area contributed by atoms with E-state index in [1.165, 1.54) is 18.6 Å². The Bertz CT molecular complexity index is 517. The first-order chi connectivity index (χ1) is 10.6. The van der Waals surface area contributed by atoms with E-state index in [2.05, 4.69) is 15.5 Å². The summed E-state index contributed by atoms with van der Waals surface area (Å²) >= 11 is 0. The fourth-order valence-electron chi connectivity index (χ4n) is 3.25. The second kappa shape index (κ2) is 6.62. The summed E-state index contributed by atoms with van der Waals surface area (Å²) in [4.78, 5) is 16.5. The molecule has 1 unspecified atom stereocenters. The Hall–Kier alpha value is -1.66. The summed E-state index contributed by atoms with van der Waals surface area (Å²) in [5.41, 5.74) is 1.32. The average molecular weight is 306 g/mol. The minimum atomic E-state index is -0.325. The third-order valence-electron chi connectivity index (χ3n) is 4.45. The van der Waals surface area contributed by atoms with Crippen molar-refractivity contribution in [1.29, 1.82) is 0 Å². The number of anilines is 1. The van der Waals surface area contributed by atoms with Gasteiger partial charge in [0.25, 0.3) is 0 Å². The van der Waals surface area contributed by atoms with Gasteiger partial charge in [0.15, 0.2) is 0 Å². The van der Waals surface area contributed by atoms with Crippen molar-refractivity contribution >= 4 is 11.7 Å². The third kappa shape index (κ3) is 3.56. The van der Waals surface area contributed by atoms with E-state index in [0.717, 1.165) is 44.8 Å². The summed E-state index contributed by atoms with van der Waals surface area (Å²) in [5.74, 6) is -0.325. The van der Waals surface area contributed by atoms with Crippen molar-refractivity contribution in [2.24, 2.45) is 0 Å². The van der Waals surface area contributed by atoms with E-state index in [9.17, 15) is 9.18 Å². The molecular weight excluding hydrogens is 283 g/mol. The molecule has 5 nitrogen and oxygen atoms in total. The highest BCUT2D eigenvalue weighted by molar-refractivity contribution is 5.89. The summed E-state index contributed by atoms with van der Waals surface area (Å²) < 4.78 is 13.4. The summed E-state index contributed by atoms with van der Waals surface area (Å²) in [6.07, 6.45) is 1.19. The van der Waals surface area contributed by atoms with Gasteiger partial charge in [-0.1, -0.05) is 0 Å². The molecule has 0 aromatic heterocycles. The average Bonchev–Trinajstić information content (AvgIpc) is 3.00. The van der Waals surface area contributed by atoms with Crippen LogP contribution in [0.4, 0.5) is 14.9 Å². The maximum atomic E-state index is 13.4. The maximum absolute atomic E-state index is 13.4. The monoisotopic (exact) mass is 306 g/mol. The lowest BCUT2D eigenvalue weighted by Gasteiger charge is -2.37. The van der Waals surface area contributed by atoms with E-state index in [1.54, 1.807) is 11.0 Å². The molecule has 0 radical (unpaired) electrons. The summed E-state index contributed by atoms with van der Waals surface area (Å²) in [6.45, 7) is 7.20. The standard InChI is InChI=1S/C16H23FN4O/c1-12-8-13(17)10-14(9-12)19-16(22)21-6-4-20(5-7-21)15-2-3-18-11-15/h8-10,15,18H,2-7,11H2,1H3,(H,19,22). The predicted octanol–water partition coefficient (Wildman–Crippen LogP) is 1.65. The third-order valence-corrected chi connectivity index (χ3v) is 4.45. The minimum absolute atomic E-state index is 0.144. The number of amides is 2. The van der Waals surface area contributed by atoms with Crippen molar-refractivity contribution in [2.75, 3.05) is 44.6 Å². The molecule has 22 heavy (non-hydrogen) atoms. The first-order valence-corrected chi connectivity index (χ1v) is 7.90. The van der Waals surface area contributed by atoms with Crippen LogP contribution in [0.5, 0.6) is 0 Å². The number of nitrogens with one attached hydrogen (secondary N) is 2. The molecule has 1 aromatic rings. The number of nitrogens with zero attached hydrogens (tertiary/aromatic N) is 2. The first-order valence-electron chi connectivity index (χ1n) is 7.90. The molecule has 120 valence electrons. The molecule has 2 amide bonds. The Labute approximate surface area is 130 Å². The number of aryl methyl sites for hydroxylation is 1. The van der Waals surface area contributed by atoms with Gasteiger partial charge in [-0.05, 0) is 43.7 Å². The van der Waals surface area contributed by atoms with Crippen LogP contribution in [0.3, 0.4) is 0 Å². The second-order valence-electron chi connectivity index (χ2n) is 6.12. The minimum Gasteiger partial charge on any atom is -0.322 e. The van der Waals surface area contributed by atoms with Gasteiger partial charge in [-0.2, -0.15) is 0 Å². The van der Waals surface area contributed by atoms with Gasteiger partial charge in [0, 0.05) is 44.5 Å². The SMILES string of the molecule is Cc1cc(F)cc(NC(=O)N2CCN(C3CCNC3)CC2)c1. The molecule has 2 fully saturated rings. The second-order valence-corrected chi connectivity index (χ2v) is 6.12. The van der Waals surface area contributed by atoms with Crippen molar-refractivity contribution in [3.63, 3.8) is 0 Å². The van der Waals surface area contributed by atoms with Crippen LogP contribution in [0.25, 0.3) is 0 Å². The molecule has 0 bridgehead atoms. The van der Waals surface area contributed by atoms with Crippen LogP contribution >= 0.6 is 0 Å². The van der Waals surface area contributed by atoms with Gasteiger partial charge in [0.05, 0.1) is 0 Å². The van der Waals surface area contributed by atoms with Crippen LogP contribution in [-0.4, -0.2) is 61.1 Å². The molecule has 2 aliphatic heterocycles. The largest absolute Gasteiger partial charge is 0.322 e. The molecule has 2 heterocycles. The van der Waals surface area contributed by atoms with E-state index in [4.69, 9.17) is 0 Å². The number of carbonyl (C=O) groups excluding carboxylic acids is 1. The predicted molar refractivity (Wildman–Crippen MR) is 84.6 cm³/mol. The highest BCUT2D eigenvalue weighted by Gasteiger charge is 2.27. The van der Waals surface area contributed by atoms with Gasteiger partial charge in [-0.25, -0.2) is 9.18 Å². The molecule has 0 spiro atoms. The van der Waals surface area contributed by atoms with E-state index in [1.807, 2.05) is 6.92 Å². The molecule has 2 saturated heterocycles. The van der Waals surface area contributed by atoms with Crippen LogP contribution in [0.1, 0.15) is 12.0 Å². The van der Waals surface area contributed by atoms with Gasteiger partial charge < -0.3 is 15.5 Å². The Balaban J connectivity index is 1.53. The van der Waals surface area contributed by atoms with Crippen LogP contribution < -0.4 is 10.6 Å². The number of urea groups is 1. The zero-order chi connectivity index (χ0) is 15.5. The summed E-state index contributed by atoms with van der Waals surface area (Å²) in [6, 6.07) is 5.04. The zero-order valence-corrected chi connectivity index (χ0v) is 12.9. The van der Waals surface area contributed by atoms with Crippen LogP contribution in [0.2, 0.25) is 0 Å². The summed E-state index contributed by atoms with van der Waals surface area (Å²) in [5, 5.41) is 6.17. The number of piperazine rings is 1. The smallest absolute Gasteiger partial charge is 0.321 e. The van der Waals surface area contributed by atoms with Crippen molar-refractivity contribution in [1.82, 2.24) is 15.1 Å². The molecular formula is C16H23FN4O. The first kappa shape index (κ1) is 15.2. The van der Waals surface area contributed by atoms with Crippen LogP contribution in [-0.2, 0) is 0 Å². The van der Waals surface area contributed by atoms with Gasteiger partial charge >= 0.3 is 6.03 Å². The lowest BCUT2D eigenvalue weighted by Crippen LogP contribution is -2.53. The van der Waals surface area contributed by atoms with Gasteiger partial charge in [-0.3, -0.25) is 4.90 Å². The number of benzene rings is 1. The van der Waals surface area contributed by atoms with Crippen molar-refractivity contribution in [2.45, 2.75) is 19.4 Å². The highest BCUT2D eigenvalue weighted by atomic mass is 19.1. The van der Waals surface area contributed by atoms with Crippen LogP contribution in [0.15, 0.2) is 18.2 Å².